The second kappa shape index (κ2) is 8.98. The second-order valence-corrected chi connectivity index (χ2v) is 4.62. The quantitative estimate of drug-likeness (QED) is 0.569. The van der Waals surface area contributed by atoms with Crippen molar-refractivity contribution in [2.24, 2.45) is 5.73 Å². The molecule has 0 aromatic heterocycles. The van der Waals surface area contributed by atoms with Gasteiger partial charge in [-0.3, -0.25) is 9.59 Å². The maximum atomic E-state index is 11.5. The molecule has 0 aliphatic rings. The molecule has 0 aromatic rings. The van der Waals surface area contributed by atoms with Gasteiger partial charge in [-0.15, -0.1) is 0 Å². The zero-order valence-electron chi connectivity index (χ0n) is 10.7. The van der Waals surface area contributed by atoms with Gasteiger partial charge in [0.15, 0.2) is 0 Å². The lowest BCUT2D eigenvalue weighted by Gasteiger charge is -2.13. The molecular weight excluding hydrogens is 220 g/mol. The standard InChI is InChI=1S/C12H24N2O3/c1-9(13)5-3-7-11(15)14-10(2)6-4-8-12(16)17/h9-10H,3-8,13H2,1-2H3,(H,14,15)(H,16,17). The van der Waals surface area contributed by atoms with E-state index < -0.39 is 5.97 Å². The highest BCUT2D eigenvalue weighted by Crippen LogP contribution is 2.03. The third-order valence-corrected chi connectivity index (χ3v) is 2.50. The minimum absolute atomic E-state index is 0.0217. The van der Waals surface area contributed by atoms with Gasteiger partial charge in [-0.2, -0.15) is 0 Å². The average molecular weight is 244 g/mol. The largest absolute Gasteiger partial charge is 0.481 e. The highest BCUT2D eigenvalue weighted by atomic mass is 16.4. The summed E-state index contributed by atoms with van der Waals surface area (Å²) in [5.41, 5.74) is 5.59. The molecule has 17 heavy (non-hydrogen) atoms. The van der Waals surface area contributed by atoms with Crippen LogP contribution in [0.25, 0.3) is 0 Å². The molecule has 0 bridgehead atoms. The van der Waals surface area contributed by atoms with Gasteiger partial charge in [0.25, 0.3) is 0 Å². The maximum Gasteiger partial charge on any atom is 0.303 e. The van der Waals surface area contributed by atoms with Crippen LogP contribution in [0.3, 0.4) is 0 Å². The van der Waals surface area contributed by atoms with E-state index in [4.69, 9.17) is 10.8 Å². The summed E-state index contributed by atoms with van der Waals surface area (Å²) in [6.45, 7) is 3.82. The number of hydrogen-bond acceptors (Lipinski definition) is 3. The van der Waals surface area contributed by atoms with Crippen molar-refractivity contribution >= 4 is 11.9 Å². The number of rotatable bonds is 9. The number of carbonyl (C=O) groups excluding carboxylic acids is 1. The second-order valence-electron chi connectivity index (χ2n) is 4.62. The lowest BCUT2D eigenvalue weighted by Crippen LogP contribution is -2.32. The van der Waals surface area contributed by atoms with Gasteiger partial charge in [0.1, 0.15) is 0 Å². The molecule has 5 heteroatoms. The van der Waals surface area contributed by atoms with Gasteiger partial charge >= 0.3 is 5.97 Å². The Morgan fingerprint density at radius 1 is 1.18 bits per heavy atom. The smallest absolute Gasteiger partial charge is 0.303 e. The summed E-state index contributed by atoms with van der Waals surface area (Å²) in [4.78, 5) is 21.8. The van der Waals surface area contributed by atoms with Gasteiger partial charge in [0.2, 0.25) is 5.91 Å². The Hall–Kier alpha value is -1.10. The van der Waals surface area contributed by atoms with Crippen LogP contribution in [0, 0.1) is 0 Å². The van der Waals surface area contributed by atoms with Crippen molar-refractivity contribution < 1.29 is 14.7 Å². The molecule has 5 nitrogen and oxygen atoms in total. The topological polar surface area (TPSA) is 92.4 Å². The van der Waals surface area contributed by atoms with Crippen LogP contribution in [0.2, 0.25) is 0 Å². The minimum atomic E-state index is -0.791. The molecule has 0 spiro atoms. The van der Waals surface area contributed by atoms with Crippen LogP contribution in [-0.4, -0.2) is 29.1 Å². The molecule has 2 atom stereocenters. The molecule has 0 saturated heterocycles. The summed E-state index contributed by atoms with van der Waals surface area (Å²) in [5, 5.41) is 11.3. The predicted octanol–water partition coefficient (Wildman–Crippen LogP) is 1.26. The number of amides is 1. The fourth-order valence-corrected chi connectivity index (χ4v) is 1.56. The Balaban J connectivity index is 3.55. The van der Waals surface area contributed by atoms with Crippen molar-refractivity contribution in [3.05, 3.63) is 0 Å². The predicted molar refractivity (Wildman–Crippen MR) is 66.6 cm³/mol. The van der Waals surface area contributed by atoms with E-state index in [0.29, 0.717) is 19.3 Å². The normalized spacial score (nSPS) is 14.1. The number of nitrogens with one attached hydrogen (secondary N) is 1. The molecule has 2 unspecified atom stereocenters. The molecule has 0 aromatic carbocycles. The van der Waals surface area contributed by atoms with Crippen LogP contribution in [0.15, 0.2) is 0 Å². The van der Waals surface area contributed by atoms with E-state index in [1.807, 2.05) is 13.8 Å². The van der Waals surface area contributed by atoms with Crippen molar-refractivity contribution in [3.63, 3.8) is 0 Å². The van der Waals surface area contributed by atoms with Crippen LogP contribution in [0.1, 0.15) is 52.4 Å². The Morgan fingerprint density at radius 2 is 1.76 bits per heavy atom. The molecule has 0 aliphatic carbocycles. The van der Waals surface area contributed by atoms with Crippen molar-refractivity contribution in [1.82, 2.24) is 5.32 Å². The fourth-order valence-electron chi connectivity index (χ4n) is 1.56. The molecule has 0 fully saturated rings. The van der Waals surface area contributed by atoms with Gasteiger partial charge < -0.3 is 16.2 Å². The summed E-state index contributed by atoms with van der Waals surface area (Å²) >= 11 is 0. The molecule has 0 rings (SSSR count). The summed E-state index contributed by atoms with van der Waals surface area (Å²) in [6, 6.07) is 0.174. The van der Waals surface area contributed by atoms with Gasteiger partial charge in [0, 0.05) is 24.9 Å². The number of aliphatic carboxylic acids is 1. The van der Waals surface area contributed by atoms with E-state index in [1.54, 1.807) is 0 Å². The molecule has 0 aliphatic heterocycles. The van der Waals surface area contributed by atoms with E-state index in [-0.39, 0.29) is 24.4 Å². The van der Waals surface area contributed by atoms with Gasteiger partial charge in [-0.05, 0) is 39.5 Å². The van der Waals surface area contributed by atoms with E-state index in [2.05, 4.69) is 5.32 Å². The summed E-state index contributed by atoms with van der Waals surface area (Å²) < 4.78 is 0. The summed E-state index contributed by atoms with van der Waals surface area (Å²) in [5.74, 6) is -0.770. The molecule has 0 saturated carbocycles. The molecule has 0 heterocycles. The van der Waals surface area contributed by atoms with Crippen molar-refractivity contribution in [1.29, 1.82) is 0 Å². The van der Waals surface area contributed by atoms with Crippen LogP contribution in [-0.2, 0) is 9.59 Å². The third kappa shape index (κ3) is 11.2. The first-order chi connectivity index (χ1) is 7.91. The van der Waals surface area contributed by atoms with Crippen LogP contribution >= 0.6 is 0 Å². The number of hydrogen-bond donors (Lipinski definition) is 3. The highest BCUT2D eigenvalue weighted by Gasteiger charge is 2.08. The summed E-state index contributed by atoms with van der Waals surface area (Å²) in [7, 11) is 0. The first kappa shape index (κ1) is 15.9. The Kier molecular flexibility index (Phi) is 8.40. The van der Waals surface area contributed by atoms with Crippen molar-refractivity contribution in [3.8, 4) is 0 Å². The van der Waals surface area contributed by atoms with E-state index in [9.17, 15) is 9.59 Å². The average Bonchev–Trinajstić information content (AvgIpc) is 2.15. The zero-order chi connectivity index (χ0) is 13.3. The van der Waals surface area contributed by atoms with Gasteiger partial charge in [0.05, 0.1) is 0 Å². The first-order valence-corrected chi connectivity index (χ1v) is 6.18. The number of carboxylic acids is 1. The molecule has 0 radical (unpaired) electrons. The SMILES string of the molecule is CC(N)CCCC(=O)NC(C)CCCC(=O)O. The molecular formula is C12H24N2O3. The van der Waals surface area contributed by atoms with Gasteiger partial charge in [-0.25, -0.2) is 0 Å². The lowest BCUT2D eigenvalue weighted by atomic mass is 10.1. The molecule has 1 amide bonds. The lowest BCUT2D eigenvalue weighted by molar-refractivity contribution is -0.137. The van der Waals surface area contributed by atoms with Crippen molar-refractivity contribution in [2.75, 3.05) is 0 Å². The van der Waals surface area contributed by atoms with Crippen molar-refractivity contribution in [2.45, 2.75) is 64.5 Å². The number of nitrogens with two attached hydrogens (primary N) is 1. The monoisotopic (exact) mass is 244 g/mol. The van der Waals surface area contributed by atoms with Gasteiger partial charge in [-0.1, -0.05) is 0 Å². The Morgan fingerprint density at radius 3 is 2.29 bits per heavy atom. The molecule has 4 N–H and O–H groups in total. The minimum Gasteiger partial charge on any atom is -0.481 e. The van der Waals surface area contributed by atoms with E-state index in [1.165, 1.54) is 0 Å². The summed E-state index contributed by atoms with van der Waals surface area (Å²) in [6.07, 6.45) is 3.59. The maximum absolute atomic E-state index is 11.5. The number of carbonyl (C=O) groups is 2. The third-order valence-electron chi connectivity index (χ3n) is 2.50. The van der Waals surface area contributed by atoms with E-state index in [0.717, 1.165) is 12.8 Å². The molecule has 100 valence electrons. The fraction of sp³-hybridized carbons (Fsp3) is 0.833. The number of carboxylic acid groups (broad SMARTS) is 1. The first-order valence-electron chi connectivity index (χ1n) is 6.18. The van der Waals surface area contributed by atoms with Crippen LogP contribution < -0.4 is 11.1 Å². The van der Waals surface area contributed by atoms with Crippen LogP contribution in [0.4, 0.5) is 0 Å². The zero-order valence-corrected chi connectivity index (χ0v) is 10.7. The Labute approximate surface area is 103 Å². The Bertz CT molecular complexity index is 242. The van der Waals surface area contributed by atoms with Crippen LogP contribution in [0.5, 0.6) is 0 Å². The van der Waals surface area contributed by atoms with E-state index >= 15 is 0 Å². The highest BCUT2D eigenvalue weighted by molar-refractivity contribution is 5.76.